The lowest BCUT2D eigenvalue weighted by atomic mass is 9.98. The Morgan fingerprint density at radius 3 is 2.81 bits per heavy atom. The van der Waals surface area contributed by atoms with Gasteiger partial charge in [0.2, 0.25) is 5.91 Å². The molecule has 2 rings (SSSR count). The highest BCUT2D eigenvalue weighted by atomic mass is 16.2. The van der Waals surface area contributed by atoms with E-state index in [4.69, 9.17) is 0 Å². The molecule has 116 valence electrons. The van der Waals surface area contributed by atoms with Gasteiger partial charge in [-0.1, -0.05) is 13.8 Å². The van der Waals surface area contributed by atoms with Crippen LogP contribution >= 0.6 is 0 Å². The van der Waals surface area contributed by atoms with Crippen molar-refractivity contribution in [1.29, 1.82) is 0 Å². The van der Waals surface area contributed by atoms with Crippen molar-refractivity contribution in [2.24, 2.45) is 0 Å². The summed E-state index contributed by atoms with van der Waals surface area (Å²) in [5, 5.41) is 6.31. The van der Waals surface area contributed by atoms with Gasteiger partial charge in [-0.05, 0) is 38.0 Å². The SMILES string of the molecule is Cc1cc(CNC(C)C)cnc1N1CCNC(=O)C1(C)C. The maximum absolute atomic E-state index is 12.1. The van der Waals surface area contributed by atoms with Crippen molar-refractivity contribution in [3.63, 3.8) is 0 Å². The van der Waals surface area contributed by atoms with E-state index in [1.165, 1.54) is 5.56 Å². The van der Waals surface area contributed by atoms with Crippen LogP contribution in [0.3, 0.4) is 0 Å². The van der Waals surface area contributed by atoms with E-state index in [2.05, 4.69) is 47.4 Å². The van der Waals surface area contributed by atoms with Gasteiger partial charge in [0.25, 0.3) is 0 Å². The fraction of sp³-hybridized carbons (Fsp3) is 0.625. The van der Waals surface area contributed by atoms with Gasteiger partial charge in [-0.15, -0.1) is 0 Å². The molecule has 0 radical (unpaired) electrons. The molecular formula is C16H26N4O. The molecule has 1 aliphatic rings. The number of piperazine rings is 1. The van der Waals surface area contributed by atoms with Crippen LogP contribution < -0.4 is 15.5 Å². The van der Waals surface area contributed by atoms with Crippen molar-refractivity contribution < 1.29 is 4.79 Å². The van der Waals surface area contributed by atoms with Crippen LogP contribution in [0.2, 0.25) is 0 Å². The van der Waals surface area contributed by atoms with Crippen molar-refractivity contribution in [2.75, 3.05) is 18.0 Å². The quantitative estimate of drug-likeness (QED) is 0.884. The third-order valence-corrected chi connectivity index (χ3v) is 3.93. The Morgan fingerprint density at radius 2 is 2.19 bits per heavy atom. The van der Waals surface area contributed by atoms with Crippen LogP contribution in [-0.4, -0.2) is 35.6 Å². The van der Waals surface area contributed by atoms with Crippen molar-refractivity contribution in [1.82, 2.24) is 15.6 Å². The lowest BCUT2D eigenvalue weighted by Crippen LogP contribution is -2.62. The third-order valence-electron chi connectivity index (χ3n) is 3.93. The van der Waals surface area contributed by atoms with E-state index in [1.807, 2.05) is 20.0 Å². The normalized spacial score (nSPS) is 18.0. The molecule has 1 aliphatic heterocycles. The van der Waals surface area contributed by atoms with Gasteiger partial charge in [0.15, 0.2) is 0 Å². The summed E-state index contributed by atoms with van der Waals surface area (Å²) in [4.78, 5) is 18.8. The highest BCUT2D eigenvalue weighted by Crippen LogP contribution is 2.27. The molecular weight excluding hydrogens is 264 g/mol. The highest BCUT2D eigenvalue weighted by Gasteiger charge is 2.38. The molecule has 2 N–H and O–H groups in total. The Kier molecular flexibility index (Phi) is 4.52. The molecule has 1 aromatic rings. The molecule has 0 aromatic carbocycles. The Morgan fingerprint density at radius 1 is 1.48 bits per heavy atom. The average molecular weight is 290 g/mol. The van der Waals surface area contributed by atoms with Gasteiger partial charge in [0.05, 0.1) is 0 Å². The maximum Gasteiger partial charge on any atom is 0.245 e. The second kappa shape index (κ2) is 6.02. The van der Waals surface area contributed by atoms with Crippen LogP contribution in [0.1, 0.15) is 38.8 Å². The zero-order valence-electron chi connectivity index (χ0n) is 13.7. The fourth-order valence-corrected chi connectivity index (χ4v) is 2.60. The summed E-state index contributed by atoms with van der Waals surface area (Å²) in [5.41, 5.74) is 1.72. The van der Waals surface area contributed by atoms with Gasteiger partial charge >= 0.3 is 0 Å². The van der Waals surface area contributed by atoms with Crippen molar-refractivity contribution >= 4 is 11.7 Å². The minimum atomic E-state index is -0.562. The van der Waals surface area contributed by atoms with Crippen LogP contribution in [0.25, 0.3) is 0 Å². The summed E-state index contributed by atoms with van der Waals surface area (Å²) in [6.45, 7) is 12.5. The first-order chi connectivity index (χ1) is 9.82. The number of hydrogen-bond donors (Lipinski definition) is 2. The average Bonchev–Trinajstić information content (AvgIpc) is 2.40. The standard InChI is InChI=1S/C16H26N4O/c1-11(2)18-9-13-8-12(3)14(19-10-13)20-7-6-17-15(21)16(20,4)5/h8,10-11,18H,6-7,9H2,1-5H3,(H,17,21). The summed E-state index contributed by atoms with van der Waals surface area (Å²) in [6, 6.07) is 2.61. The fourth-order valence-electron chi connectivity index (χ4n) is 2.60. The van der Waals surface area contributed by atoms with E-state index in [1.54, 1.807) is 0 Å². The minimum absolute atomic E-state index is 0.0560. The molecule has 5 heteroatoms. The summed E-state index contributed by atoms with van der Waals surface area (Å²) in [7, 11) is 0. The van der Waals surface area contributed by atoms with Gasteiger partial charge in [0.1, 0.15) is 11.4 Å². The first-order valence-corrected chi connectivity index (χ1v) is 7.57. The van der Waals surface area contributed by atoms with Crippen LogP contribution in [0.5, 0.6) is 0 Å². The van der Waals surface area contributed by atoms with E-state index in [0.29, 0.717) is 12.6 Å². The van der Waals surface area contributed by atoms with Gasteiger partial charge in [0, 0.05) is 31.9 Å². The molecule has 0 bridgehead atoms. The first-order valence-electron chi connectivity index (χ1n) is 7.57. The number of amides is 1. The summed E-state index contributed by atoms with van der Waals surface area (Å²) in [6.07, 6.45) is 1.90. The molecule has 21 heavy (non-hydrogen) atoms. The molecule has 1 amide bonds. The Labute approximate surface area is 127 Å². The zero-order chi connectivity index (χ0) is 15.6. The second-order valence-electron chi connectivity index (χ2n) is 6.49. The number of aryl methyl sites for hydroxylation is 1. The Balaban J connectivity index is 2.22. The van der Waals surface area contributed by atoms with Crippen molar-refractivity contribution in [2.45, 2.75) is 52.7 Å². The smallest absolute Gasteiger partial charge is 0.245 e. The molecule has 0 spiro atoms. The number of hydrogen-bond acceptors (Lipinski definition) is 4. The molecule has 1 fully saturated rings. The highest BCUT2D eigenvalue weighted by molar-refractivity contribution is 5.90. The summed E-state index contributed by atoms with van der Waals surface area (Å²) < 4.78 is 0. The van der Waals surface area contributed by atoms with Gasteiger partial charge < -0.3 is 15.5 Å². The van der Waals surface area contributed by atoms with Gasteiger partial charge in [-0.25, -0.2) is 4.98 Å². The van der Waals surface area contributed by atoms with E-state index < -0.39 is 5.54 Å². The number of carbonyl (C=O) groups is 1. The number of carbonyl (C=O) groups excluding carboxylic acids is 1. The first kappa shape index (κ1) is 15.8. The monoisotopic (exact) mass is 290 g/mol. The number of nitrogens with one attached hydrogen (secondary N) is 2. The number of nitrogens with zero attached hydrogens (tertiary/aromatic N) is 2. The van der Waals surface area contributed by atoms with Crippen LogP contribution in [0, 0.1) is 6.92 Å². The molecule has 0 saturated carbocycles. The predicted octanol–water partition coefficient (Wildman–Crippen LogP) is 1.60. The summed E-state index contributed by atoms with van der Waals surface area (Å²) in [5.74, 6) is 0.962. The number of anilines is 1. The lowest BCUT2D eigenvalue weighted by Gasteiger charge is -2.42. The minimum Gasteiger partial charge on any atom is -0.352 e. The number of pyridine rings is 1. The van der Waals surface area contributed by atoms with E-state index in [0.717, 1.165) is 24.5 Å². The molecule has 1 saturated heterocycles. The Hall–Kier alpha value is -1.62. The van der Waals surface area contributed by atoms with E-state index >= 15 is 0 Å². The van der Waals surface area contributed by atoms with Gasteiger partial charge in [-0.3, -0.25) is 4.79 Å². The largest absolute Gasteiger partial charge is 0.352 e. The maximum atomic E-state index is 12.1. The topological polar surface area (TPSA) is 57.3 Å². The lowest BCUT2D eigenvalue weighted by molar-refractivity contribution is -0.126. The third kappa shape index (κ3) is 3.35. The van der Waals surface area contributed by atoms with Gasteiger partial charge in [-0.2, -0.15) is 0 Å². The molecule has 0 atom stereocenters. The molecule has 2 heterocycles. The molecule has 0 unspecified atom stereocenters. The molecule has 5 nitrogen and oxygen atoms in total. The predicted molar refractivity (Wildman–Crippen MR) is 85.4 cm³/mol. The van der Waals surface area contributed by atoms with Crippen LogP contribution in [0.15, 0.2) is 12.3 Å². The number of aromatic nitrogens is 1. The zero-order valence-corrected chi connectivity index (χ0v) is 13.7. The summed E-state index contributed by atoms with van der Waals surface area (Å²) >= 11 is 0. The van der Waals surface area contributed by atoms with E-state index in [9.17, 15) is 4.79 Å². The van der Waals surface area contributed by atoms with Crippen LogP contribution in [-0.2, 0) is 11.3 Å². The Bertz CT molecular complexity index is 525. The van der Waals surface area contributed by atoms with E-state index in [-0.39, 0.29) is 5.91 Å². The van der Waals surface area contributed by atoms with Crippen molar-refractivity contribution in [3.05, 3.63) is 23.4 Å². The molecule has 0 aliphatic carbocycles. The van der Waals surface area contributed by atoms with Crippen molar-refractivity contribution in [3.8, 4) is 0 Å². The second-order valence-corrected chi connectivity index (χ2v) is 6.49. The van der Waals surface area contributed by atoms with Crippen LogP contribution in [0.4, 0.5) is 5.82 Å². The molecule has 1 aromatic heterocycles. The number of rotatable bonds is 4.